The molecule has 1 aliphatic carbocycles. The second-order valence-electron chi connectivity index (χ2n) is 4.69. The average molecular weight is 221 g/mol. The summed E-state index contributed by atoms with van der Waals surface area (Å²) in [6, 6.07) is 4.55. The number of nitrogens with zero attached hydrogens (tertiary/aromatic N) is 1. The highest BCUT2D eigenvalue weighted by Gasteiger charge is 2.42. The van der Waals surface area contributed by atoms with Crippen molar-refractivity contribution < 1.29 is 8.78 Å². The van der Waals surface area contributed by atoms with Gasteiger partial charge in [0.2, 0.25) is 0 Å². The van der Waals surface area contributed by atoms with Crippen molar-refractivity contribution >= 4 is 0 Å². The number of nitriles is 1. The third-order valence-corrected chi connectivity index (χ3v) is 3.33. The Labute approximate surface area is 93.7 Å². The minimum Gasteiger partial charge on any atom is -0.203 e. The van der Waals surface area contributed by atoms with Crippen LogP contribution in [0.2, 0.25) is 0 Å². The monoisotopic (exact) mass is 221 g/mol. The Morgan fingerprint density at radius 3 is 2.50 bits per heavy atom. The molecule has 1 aromatic rings. The summed E-state index contributed by atoms with van der Waals surface area (Å²) < 4.78 is 27.0. The molecule has 0 spiro atoms. The van der Waals surface area contributed by atoms with Gasteiger partial charge in [-0.2, -0.15) is 5.26 Å². The molecule has 1 nitrogen and oxygen atoms in total. The van der Waals surface area contributed by atoms with Gasteiger partial charge in [-0.25, -0.2) is 8.78 Å². The molecule has 0 bridgehead atoms. The first-order valence-corrected chi connectivity index (χ1v) is 5.44. The van der Waals surface area contributed by atoms with Crippen molar-refractivity contribution in [3.8, 4) is 6.07 Å². The van der Waals surface area contributed by atoms with Crippen molar-refractivity contribution in [3.05, 3.63) is 34.9 Å². The van der Waals surface area contributed by atoms with Gasteiger partial charge in [-0.3, -0.25) is 0 Å². The number of hydrogen-bond donors (Lipinski definition) is 0. The fourth-order valence-corrected chi connectivity index (χ4v) is 2.25. The van der Waals surface area contributed by atoms with Crippen LogP contribution in [0.3, 0.4) is 0 Å². The number of benzene rings is 1. The van der Waals surface area contributed by atoms with Crippen LogP contribution < -0.4 is 0 Å². The number of hydrogen-bond acceptors (Lipinski definition) is 1. The quantitative estimate of drug-likeness (QED) is 0.748. The van der Waals surface area contributed by atoms with Gasteiger partial charge in [-0.05, 0) is 35.8 Å². The molecule has 0 N–H and O–H groups in total. The van der Waals surface area contributed by atoms with Crippen molar-refractivity contribution in [2.75, 3.05) is 0 Å². The summed E-state index contributed by atoms with van der Waals surface area (Å²) in [5.74, 6) is -0.784. The highest BCUT2D eigenvalue weighted by molar-refractivity contribution is 5.38. The second kappa shape index (κ2) is 3.86. The highest BCUT2D eigenvalue weighted by Crippen LogP contribution is 2.52. The van der Waals surface area contributed by atoms with E-state index in [4.69, 9.17) is 5.26 Å². The molecule has 2 atom stereocenters. The van der Waals surface area contributed by atoms with Crippen LogP contribution >= 0.6 is 0 Å². The van der Waals surface area contributed by atoms with E-state index in [-0.39, 0.29) is 11.5 Å². The number of halogens is 2. The van der Waals surface area contributed by atoms with Crippen LogP contribution in [0.15, 0.2) is 12.1 Å². The molecule has 0 saturated heterocycles. The maximum absolute atomic E-state index is 13.7. The van der Waals surface area contributed by atoms with Crippen LogP contribution in [-0.4, -0.2) is 0 Å². The third kappa shape index (κ3) is 1.69. The SMILES string of the molecule is CC(C)[C@H]1C[C@@H]1c1ccc(C#N)c(F)c1F. The topological polar surface area (TPSA) is 23.8 Å². The first-order valence-electron chi connectivity index (χ1n) is 5.44. The van der Waals surface area contributed by atoms with Crippen LogP contribution in [0.1, 0.15) is 37.3 Å². The Kier molecular flexibility index (Phi) is 2.67. The van der Waals surface area contributed by atoms with Gasteiger partial charge in [0, 0.05) is 0 Å². The average Bonchev–Trinajstić information content (AvgIpc) is 3.02. The van der Waals surface area contributed by atoms with Crippen LogP contribution in [0, 0.1) is 34.8 Å². The van der Waals surface area contributed by atoms with Gasteiger partial charge in [0.05, 0.1) is 5.56 Å². The molecule has 2 rings (SSSR count). The van der Waals surface area contributed by atoms with Gasteiger partial charge in [0.25, 0.3) is 0 Å². The van der Waals surface area contributed by atoms with Gasteiger partial charge in [0.1, 0.15) is 6.07 Å². The van der Waals surface area contributed by atoms with E-state index >= 15 is 0 Å². The first-order chi connectivity index (χ1) is 7.56. The Morgan fingerprint density at radius 2 is 2.00 bits per heavy atom. The van der Waals surface area contributed by atoms with Crippen LogP contribution in [0.4, 0.5) is 8.78 Å². The normalized spacial score (nSPS) is 23.2. The molecule has 84 valence electrons. The van der Waals surface area contributed by atoms with E-state index in [2.05, 4.69) is 13.8 Å². The predicted molar refractivity (Wildman–Crippen MR) is 56.8 cm³/mol. The Bertz CT molecular complexity index is 460. The third-order valence-electron chi connectivity index (χ3n) is 3.33. The van der Waals surface area contributed by atoms with E-state index in [1.807, 2.05) is 0 Å². The molecule has 0 unspecified atom stereocenters. The Balaban J connectivity index is 2.32. The van der Waals surface area contributed by atoms with Gasteiger partial charge < -0.3 is 0 Å². The Morgan fingerprint density at radius 1 is 1.31 bits per heavy atom. The molecular formula is C13H13F2N. The lowest BCUT2D eigenvalue weighted by Gasteiger charge is -2.06. The summed E-state index contributed by atoms with van der Waals surface area (Å²) in [5.41, 5.74) is 0.207. The zero-order chi connectivity index (χ0) is 11.9. The second-order valence-corrected chi connectivity index (χ2v) is 4.69. The van der Waals surface area contributed by atoms with E-state index in [0.29, 0.717) is 17.4 Å². The molecule has 3 heteroatoms. The predicted octanol–water partition coefficient (Wildman–Crippen LogP) is 3.60. The zero-order valence-electron chi connectivity index (χ0n) is 9.30. The van der Waals surface area contributed by atoms with Gasteiger partial charge >= 0.3 is 0 Å². The van der Waals surface area contributed by atoms with Crippen molar-refractivity contribution in [3.63, 3.8) is 0 Å². The maximum atomic E-state index is 13.7. The molecule has 0 aromatic heterocycles. The zero-order valence-corrected chi connectivity index (χ0v) is 9.30. The van der Waals surface area contributed by atoms with E-state index in [1.165, 1.54) is 6.07 Å². The minimum atomic E-state index is -1.01. The lowest BCUT2D eigenvalue weighted by molar-refractivity contribution is 0.488. The molecule has 1 saturated carbocycles. The van der Waals surface area contributed by atoms with E-state index in [1.54, 1.807) is 12.1 Å². The summed E-state index contributed by atoms with van der Waals surface area (Å²) in [6.07, 6.45) is 0.917. The lowest BCUT2D eigenvalue weighted by Crippen LogP contribution is -1.99. The van der Waals surface area contributed by atoms with Crippen molar-refractivity contribution in [2.45, 2.75) is 26.2 Å². The summed E-state index contributed by atoms with van der Waals surface area (Å²) in [5, 5.41) is 8.57. The van der Waals surface area contributed by atoms with E-state index in [0.717, 1.165) is 6.42 Å². The molecule has 1 fully saturated rings. The molecular weight excluding hydrogens is 208 g/mol. The minimum absolute atomic E-state index is 0.127. The molecule has 0 radical (unpaired) electrons. The van der Waals surface area contributed by atoms with Gasteiger partial charge in [0.15, 0.2) is 11.6 Å². The van der Waals surface area contributed by atoms with Crippen LogP contribution in [0.25, 0.3) is 0 Å². The van der Waals surface area contributed by atoms with Crippen LogP contribution in [-0.2, 0) is 0 Å². The molecule has 1 aromatic carbocycles. The van der Waals surface area contributed by atoms with Gasteiger partial charge in [-0.1, -0.05) is 19.9 Å². The fourth-order valence-electron chi connectivity index (χ4n) is 2.25. The van der Waals surface area contributed by atoms with Crippen LogP contribution in [0.5, 0.6) is 0 Å². The maximum Gasteiger partial charge on any atom is 0.176 e. The summed E-state index contributed by atoms with van der Waals surface area (Å²) in [4.78, 5) is 0. The Hall–Kier alpha value is -1.43. The number of rotatable bonds is 2. The summed E-state index contributed by atoms with van der Waals surface area (Å²) in [7, 11) is 0. The molecule has 1 aliphatic rings. The fraction of sp³-hybridized carbons (Fsp3) is 0.462. The van der Waals surface area contributed by atoms with Crippen molar-refractivity contribution in [1.29, 1.82) is 5.26 Å². The molecule has 16 heavy (non-hydrogen) atoms. The molecule has 0 amide bonds. The van der Waals surface area contributed by atoms with E-state index in [9.17, 15) is 8.78 Å². The van der Waals surface area contributed by atoms with Crippen molar-refractivity contribution in [2.24, 2.45) is 11.8 Å². The molecule has 0 aliphatic heterocycles. The summed E-state index contributed by atoms with van der Waals surface area (Å²) >= 11 is 0. The highest BCUT2D eigenvalue weighted by atomic mass is 19.2. The van der Waals surface area contributed by atoms with E-state index < -0.39 is 11.6 Å². The lowest BCUT2D eigenvalue weighted by atomic mass is 10.0. The smallest absolute Gasteiger partial charge is 0.176 e. The standard InChI is InChI=1S/C13H13F2N/c1-7(2)10-5-11(10)9-4-3-8(6-16)12(14)13(9)15/h3-4,7,10-11H,5H2,1-2H3/t10-,11-/m1/s1. The largest absolute Gasteiger partial charge is 0.203 e. The molecule has 0 heterocycles. The van der Waals surface area contributed by atoms with Gasteiger partial charge in [-0.15, -0.1) is 0 Å². The summed E-state index contributed by atoms with van der Waals surface area (Å²) in [6.45, 7) is 4.17. The van der Waals surface area contributed by atoms with Crippen molar-refractivity contribution in [1.82, 2.24) is 0 Å². The first kappa shape index (κ1) is 11.1.